The Kier molecular flexibility index (Phi) is 2.28. The summed E-state index contributed by atoms with van der Waals surface area (Å²) in [5.74, 6) is -0.00259. The Hall–Kier alpha value is -1.76. The number of nitrogens with zero attached hydrogens (tertiary/aromatic N) is 1. The molecule has 2 heterocycles. The topological polar surface area (TPSA) is 92.5 Å². The number of rotatable bonds is 1. The van der Waals surface area contributed by atoms with E-state index in [0.717, 1.165) is 0 Å². The van der Waals surface area contributed by atoms with Gasteiger partial charge < -0.3 is 11.1 Å². The Morgan fingerprint density at radius 3 is 2.72 bits per heavy atom. The summed E-state index contributed by atoms with van der Waals surface area (Å²) < 4.78 is 23.2. The second-order valence-electron chi connectivity index (χ2n) is 4.63. The van der Waals surface area contributed by atoms with Crippen LogP contribution in [-0.4, -0.2) is 38.0 Å². The third-order valence-corrected chi connectivity index (χ3v) is 5.09. The van der Waals surface area contributed by atoms with Gasteiger partial charge in [0.15, 0.2) is 9.84 Å². The standard InChI is InChI=1S/C11H13N3O3S/c12-7-3-1-2-4-9(7)14-10-6-18(16,17)5-8(10)13-11(14)15/h1-4,8,10H,5-6,12H2,(H,13,15)/t8-,10-/m0/s1. The maximum absolute atomic E-state index is 11.9. The van der Waals surface area contributed by atoms with Crippen molar-refractivity contribution in [2.75, 3.05) is 22.1 Å². The van der Waals surface area contributed by atoms with Crippen LogP contribution in [0.1, 0.15) is 0 Å². The Bertz CT molecular complexity index is 614. The predicted molar refractivity (Wildman–Crippen MR) is 68.1 cm³/mol. The first-order chi connectivity index (χ1) is 8.48. The zero-order chi connectivity index (χ0) is 12.9. The quantitative estimate of drug-likeness (QED) is 0.552. The highest BCUT2D eigenvalue weighted by atomic mass is 32.2. The molecule has 0 aliphatic carbocycles. The number of benzene rings is 1. The number of anilines is 2. The van der Waals surface area contributed by atoms with E-state index < -0.39 is 9.84 Å². The average molecular weight is 267 g/mol. The number of fused-ring (bicyclic) bond motifs is 1. The first-order valence-electron chi connectivity index (χ1n) is 5.62. The number of nitrogens with two attached hydrogens (primary N) is 1. The van der Waals surface area contributed by atoms with E-state index in [1.54, 1.807) is 24.3 Å². The van der Waals surface area contributed by atoms with Crippen LogP contribution in [0.5, 0.6) is 0 Å². The van der Waals surface area contributed by atoms with E-state index in [2.05, 4.69) is 5.32 Å². The monoisotopic (exact) mass is 267 g/mol. The van der Waals surface area contributed by atoms with Gasteiger partial charge in [0, 0.05) is 0 Å². The van der Waals surface area contributed by atoms with Crippen molar-refractivity contribution in [2.24, 2.45) is 0 Å². The van der Waals surface area contributed by atoms with E-state index in [-0.39, 0.29) is 29.6 Å². The van der Waals surface area contributed by atoms with Gasteiger partial charge in [-0.2, -0.15) is 0 Å². The van der Waals surface area contributed by atoms with E-state index in [0.29, 0.717) is 11.4 Å². The SMILES string of the molecule is Nc1ccccc1N1C(=O)N[C@H]2CS(=O)(=O)C[C@@H]21. The molecule has 1 aromatic carbocycles. The molecule has 2 aliphatic rings. The molecule has 3 N–H and O–H groups in total. The van der Waals surface area contributed by atoms with Gasteiger partial charge in [0.25, 0.3) is 0 Å². The lowest BCUT2D eigenvalue weighted by atomic mass is 10.1. The number of nitrogens with one attached hydrogen (secondary N) is 1. The Morgan fingerprint density at radius 2 is 2.00 bits per heavy atom. The molecule has 2 aliphatic heterocycles. The maximum atomic E-state index is 11.9. The average Bonchev–Trinajstić information content (AvgIpc) is 2.70. The Morgan fingerprint density at radius 1 is 1.28 bits per heavy atom. The molecule has 96 valence electrons. The molecule has 2 saturated heterocycles. The van der Waals surface area contributed by atoms with E-state index in [9.17, 15) is 13.2 Å². The van der Waals surface area contributed by atoms with Gasteiger partial charge in [0.2, 0.25) is 0 Å². The number of para-hydroxylation sites is 2. The van der Waals surface area contributed by atoms with Crippen LogP contribution in [0.2, 0.25) is 0 Å². The normalized spacial score (nSPS) is 29.1. The summed E-state index contributed by atoms with van der Waals surface area (Å²) in [4.78, 5) is 13.4. The summed E-state index contributed by atoms with van der Waals surface area (Å²) in [5.41, 5.74) is 6.88. The summed E-state index contributed by atoms with van der Waals surface area (Å²) in [6, 6.07) is 6.00. The minimum absolute atomic E-state index is 0.00659. The maximum Gasteiger partial charge on any atom is 0.322 e. The second kappa shape index (κ2) is 3.61. The summed E-state index contributed by atoms with van der Waals surface area (Å²) >= 11 is 0. The molecule has 0 bridgehead atoms. The smallest absolute Gasteiger partial charge is 0.322 e. The van der Waals surface area contributed by atoms with Crippen molar-refractivity contribution in [1.29, 1.82) is 0 Å². The van der Waals surface area contributed by atoms with Crippen LogP contribution in [0.25, 0.3) is 0 Å². The fraction of sp³-hybridized carbons (Fsp3) is 0.364. The number of amides is 2. The van der Waals surface area contributed by atoms with Crippen LogP contribution in [0.3, 0.4) is 0 Å². The van der Waals surface area contributed by atoms with E-state index in [1.807, 2.05) is 0 Å². The largest absolute Gasteiger partial charge is 0.397 e. The summed E-state index contributed by atoms with van der Waals surface area (Å²) in [7, 11) is -3.08. The lowest BCUT2D eigenvalue weighted by Gasteiger charge is -2.22. The van der Waals surface area contributed by atoms with Crippen molar-refractivity contribution in [3.8, 4) is 0 Å². The van der Waals surface area contributed by atoms with Gasteiger partial charge in [-0.1, -0.05) is 12.1 Å². The van der Waals surface area contributed by atoms with Gasteiger partial charge in [-0.25, -0.2) is 13.2 Å². The highest BCUT2D eigenvalue weighted by Crippen LogP contribution is 2.32. The Labute approximate surface area is 105 Å². The lowest BCUT2D eigenvalue weighted by molar-refractivity contribution is 0.251. The Balaban J connectivity index is 2.02. The molecule has 2 fully saturated rings. The van der Waals surface area contributed by atoms with Crippen LogP contribution >= 0.6 is 0 Å². The predicted octanol–water partition coefficient (Wildman–Crippen LogP) is -0.0360. The highest BCUT2D eigenvalue weighted by Gasteiger charge is 2.49. The molecule has 1 aromatic rings. The molecule has 0 radical (unpaired) electrons. The molecule has 0 saturated carbocycles. The highest BCUT2D eigenvalue weighted by molar-refractivity contribution is 7.91. The number of carbonyl (C=O) groups excluding carboxylic acids is 1. The lowest BCUT2D eigenvalue weighted by Crippen LogP contribution is -2.37. The van der Waals surface area contributed by atoms with Gasteiger partial charge in [0.1, 0.15) is 0 Å². The molecule has 0 aromatic heterocycles. The molecule has 0 spiro atoms. The minimum Gasteiger partial charge on any atom is -0.397 e. The number of sulfone groups is 1. The van der Waals surface area contributed by atoms with Crippen LogP contribution in [0, 0.1) is 0 Å². The second-order valence-corrected chi connectivity index (χ2v) is 6.78. The summed E-state index contributed by atoms with van der Waals surface area (Å²) in [5, 5.41) is 2.70. The molecule has 3 rings (SSSR count). The fourth-order valence-corrected chi connectivity index (χ4v) is 4.49. The van der Waals surface area contributed by atoms with Crippen LogP contribution in [0.4, 0.5) is 16.2 Å². The molecule has 7 heteroatoms. The first kappa shape index (κ1) is 11.3. The van der Waals surface area contributed by atoms with Crippen molar-refractivity contribution in [3.63, 3.8) is 0 Å². The van der Waals surface area contributed by atoms with Crippen LogP contribution < -0.4 is 16.0 Å². The van der Waals surface area contributed by atoms with Crippen molar-refractivity contribution < 1.29 is 13.2 Å². The molecule has 2 amide bonds. The van der Waals surface area contributed by atoms with Gasteiger partial charge in [-0.05, 0) is 12.1 Å². The molecular weight excluding hydrogens is 254 g/mol. The van der Waals surface area contributed by atoms with Crippen LogP contribution in [0.15, 0.2) is 24.3 Å². The number of carbonyl (C=O) groups is 1. The molecule has 6 nitrogen and oxygen atoms in total. The molecule has 0 unspecified atom stereocenters. The van der Waals surface area contributed by atoms with E-state index in [4.69, 9.17) is 5.73 Å². The van der Waals surface area contributed by atoms with Gasteiger partial charge in [-0.15, -0.1) is 0 Å². The van der Waals surface area contributed by atoms with E-state index in [1.165, 1.54) is 4.90 Å². The number of urea groups is 1. The third kappa shape index (κ3) is 1.62. The first-order valence-corrected chi connectivity index (χ1v) is 7.45. The third-order valence-electron chi connectivity index (χ3n) is 3.38. The van der Waals surface area contributed by atoms with Gasteiger partial charge in [-0.3, -0.25) is 4.90 Å². The van der Waals surface area contributed by atoms with Gasteiger partial charge in [0.05, 0.1) is 35.0 Å². The minimum atomic E-state index is -3.08. The van der Waals surface area contributed by atoms with Crippen LogP contribution in [-0.2, 0) is 9.84 Å². The molecule has 18 heavy (non-hydrogen) atoms. The number of hydrogen-bond donors (Lipinski definition) is 2. The zero-order valence-electron chi connectivity index (χ0n) is 9.54. The van der Waals surface area contributed by atoms with E-state index >= 15 is 0 Å². The number of hydrogen-bond acceptors (Lipinski definition) is 4. The zero-order valence-corrected chi connectivity index (χ0v) is 10.4. The van der Waals surface area contributed by atoms with Crippen molar-refractivity contribution in [3.05, 3.63) is 24.3 Å². The summed E-state index contributed by atoms with van der Waals surface area (Å²) in [6.07, 6.45) is 0. The molecule has 2 atom stereocenters. The van der Waals surface area contributed by atoms with Crippen molar-refractivity contribution >= 4 is 27.2 Å². The van der Waals surface area contributed by atoms with Crippen molar-refractivity contribution in [1.82, 2.24) is 5.32 Å². The van der Waals surface area contributed by atoms with Crippen molar-refractivity contribution in [2.45, 2.75) is 12.1 Å². The fourth-order valence-electron chi connectivity index (χ4n) is 2.60. The van der Waals surface area contributed by atoms with Gasteiger partial charge >= 0.3 is 6.03 Å². The summed E-state index contributed by atoms with van der Waals surface area (Å²) in [6.45, 7) is 0. The number of nitrogen functional groups attached to an aromatic ring is 1. The molecular formula is C11H13N3O3S.